The van der Waals surface area contributed by atoms with Gasteiger partial charge in [0.2, 0.25) is 5.91 Å². The Morgan fingerprint density at radius 2 is 1.97 bits per heavy atom. The number of fused-ring (bicyclic) bond motifs is 1. The highest BCUT2D eigenvalue weighted by Crippen LogP contribution is 2.16. The SMILES string of the molecule is NC(=O)C(N)CCCCN(Cc1ccc(B(O)O)c(F)c1)C(=O)c1ccc2c(c1)B(O)OC2. The molecule has 174 valence electrons. The van der Waals surface area contributed by atoms with Crippen molar-refractivity contribution in [1.82, 2.24) is 4.90 Å². The number of rotatable bonds is 10. The minimum Gasteiger partial charge on any atom is -0.423 e. The Hall–Kier alpha value is -2.76. The molecular weight excluding hydrogens is 431 g/mol. The van der Waals surface area contributed by atoms with Crippen molar-refractivity contribution in [2.75, 3.05) is 6.54 Å². The Morgan fingerprint density at radius 3 is 2.64 bits per heavy atom. The van der Waals surface area contributed by atoms with Crippen LogP contribution in [0.4, 0.5) is 4.39 Å². The van der Waals surface area contributed by atoms with E-state index in [1.54, 1.807) is 18.2 Å². The maximum absolute atomic E-state index is 14.2. The number of nitrogens with zero attached hydrogens (tertiary/aromatic N) is 1. The summed E-state index contributed by atoms with van der Waals surface area (Å²) in [6.07, 6.45) is 1.45. The second-order valence-corrected chi connectivity index (χ2v) is 8.04. The van der Waals surface area contributed by atoms with E-state index in [-0.39, 0.29) is 24.5 Å². The van der Waals surface area contributed by atoms with Crippen LogP contribution < -0.4 is 22.4 Å². The zero-order valence-electron chi connectivity index (χ0n) is 18.0. The lowest BCUT2D eigenvalue weighted by Crippen LogP contribution is -2.37. The van der Waals surface area contributed by atoms with Gasteiger partial charge in [-0.25, -0.2) is 4.39 Å². The monoisotopic (exact) mass is 457 g/mol. The molecule has 0 bridgehead atoms. The zero-order valence-corrected chi connectivity index (χ0v) is 18.0. The third-order valence-electron chi connectivity index (χ3n) is 5.62. The van der Waals surface area contributed by atoms with Gasteiger partial charge >= 0.3 is 14.2 Å². The zero-order chi connectivity index (χ0) is 24.1. The van der Waals surface area contributed by atoms with Crippen LogP contribution in [0.15, 0.2) is 36.4 Å². The number of benzene rings is 2. The summed E-state index contributed by atoms with van der Waals surface area (Å²) in [5.74, 6) is -1.72. The summed E-state index contributed by atoms with van der Waals surface area (Å²) < 4.78 is 19.4. The fourth-order valence-electron chi connectivity index (χ4n) is 3.69. The van der Waals surface area contributed by atoms with Gasteiger partial charge in [0.05, 0.1) is 12.6 Å². The van der Waals surface area contributed by atoms with Gasteiger partial charge in [-0.3, -0.25) is 9.59 Å². The first-order valence-electron chi connectivity index (χ1n) is 10.6. The summed E-state index contributed by atoms with van der Waals surface area (Å²) in [6, 6.07) is 8.10. The van der Waals surface area contributed by atoms with E-state index in [9.17, 15) is 29.1 Å². The Balaban J connectivity index is 1.77. The molecule has 1 unspecified atom stereocenters. The molecule has 0 radical (unpaired) electrons. The number of amides is 2. The summed E-state index contributed by atoms with van der Waals surface area (Å²) >= 11 is 0. The molecule has 9 nitrogen and oxygen atoms in total. The van der Waals surface area contributed by atoms with Crippen molar-refractivity contribution in [2.45, 2.75) is 38.5 Å². The van der Waals surface area contributed by atoms with Gasteiger partial charge in [0, 0.05) is 24.1 Å². The molecule has 7 N–H and O–H groups in total. The highest BCUT2D eigenvalue weighted by Gasteiger charge is 2.29. The van der Waals surface area contributed by atoms with Crippen LogP contribution in [0.5, 0.6) is 0 Å². The second kappa shape index (κ2) is 10.9. The molecule has 1 aliphatic rings. The Kier molecular flexibility index (Phi) is 8.22. The van der Waals surface area contributed by atoms with Crippen molar-refractivity contribution in [2.24, 2.45) is 11.5 Å². The minimum atomic E-state index is -1.94. The third-order valence-corrected chi connectivity index (χ3v) is 5.62. The van der Waals surface area contributed by atoms with Crippen molar-refractivity contribution in [1.29, 1.82) is 0 Å². The van der Waals surface area contributed by atoms with Crippen LogP contribution in [0.1, 0.15) is 40.7 Å². The van der Waals surface area contributed by atoms with Crippen molar-refractivity contribution < 1.29 is 33.7 Å². The fourth-order valence-corrected chi connectivity index (χ4v) is 3.69. The average Bonchev–Trinajstić information content (AvgIpc) is 3.15. The van der Waals surface area contributed by atoms with Crippen molar-refractivity contribution in [3.63, 3.8) is 0 Å². The Morgan fingerprint density at radius 1 is 1.21 bits per heavy atom. The van der Waals surface area contributed by atoms with Crippen LogP contribution in [0, 0.1) is 5.82 Å². The predicted molar refractivity (Wildman–Crippen MR) is 121 cm³/mol. The van der Waals surface area contributed by atoms with Crippen LogP contribution >= 0.6 is 0 Å². The van der Waals surface area contributed by atoms with E-state index in [0.29, 0.717) is 42.4 Å². The van der Waals surface area contributed by atoms with Gasteiger partial charge in [0.15, 0.2) is 0 Å². The summed E-state index contributed by atoms with van der Waals surface area (Å²) in [7, 11) is -3.03. The molecule has 12 heteroatoms. The molecule has 33 heavy (non-hydrogen) atoms. The summed E-state index contributed by atoms with van der Waals surface area (Å²) in [4.78, 5) is 25.9. The van der Waals surface area contributed by atoms with Gasteiger partial charge in [-0.05, 0) is 54.1 Å². The first-order valence-corrected chi connectivity index (χ1v) is 10.6. The highest BCUT2D eigenvalue weighted by molar-refractivity contribution is 6.61. The third kappa shape index (κ3) is 6.18. The van der Waals surface area contributed by atoms with Crippen LogP contribution in [0.3, 0.4) is 0 Å². The molecule has 0 spiro atoms. The quantitative estimate of drug-likeness (QED) is 0.211. The number of unbranched alkanes of at least 4 members (excludes halogenated alkanes) is 1. The average molecular weight is 457 g/mol. The molecule has 0 saturated heterocycles. The topological polar surface area (TPSA) is 159 Å². The predicted octanol–water partition coefficient (Wildman–Crippen LogP) is -1.65. The number of carbonyl (C=O) groups is 2. The molecule has 0 fully saturated rings. The van der Waals surface area contributed by atoms with E-state index in [1.165, 1.54) is 17.0 Å². The number of primary amides is 1. The first kappa shape index (κ1) is 24.9. The Labute approximate surface area is 191 Å². The number of hydrogen-bond acceptors (Lipinski definition) is 7. The number of nitrogens with two attached hydrogens (primary N) is 2. The molecule has 0 saturated carbocycles. The molecule has 2 aromatic rings. The van der Waals surface area contributed by atoms with Crippen molar-refractivity contribution in [3.8, 4) is 0 Å². The van der Waals surface area contributed by atoms with Gasteiger partial charge in [0.1, 0.15) is 5.82 Å². The van der Waals surface area contributed by atoms with Crippen molar-refractivity contribution >= 4 is 37.0 Å². The largest absolute Gasteiger partial charge is 0.491 e. The van der Waals surface area contributed by atoms with E-state index < -0.39 is 32.0 Å². The van der Waals surface area contributed by atoms with E-state index in [0.717, 1.165) is 11.6 Å². The molecule has 2 aromatic carbocycles. The minimum absolute atomic E-state index is 0.0650. The Bertz CT molecular complexity index is 1030. The van der Waals surface area contributed by atoms with Gasteiger partial charge in [-0.1, -0.05) is 18.2 Å². The van der Waals surface area contributed by atoms with Crippen LogP contribution in [-0.4, -0.2) is 58.6 Å². The maximum atomic E-state index is 14.2. The van der Waals surface area contributed by atoms with Crippen LogP contribution in [-0.2, 0) is 22.6 Å². The standard InChI is InChI=1S/C21H26B2FN3O6/c24-18-9-13(4-7-16(18)22(30)31)11-27(8-2-1-3-19(25)20(26)28)21(29)14-5-6-15-12-33-23(32)17(15)10-14/h4-7,9-10,19,30-32H,1-3,8,11-12,25H2,(H2,26,28). The first-order chi connectivity index (χ1) is 15.7. The van der Waals surface area contributed by atoms with Gasteiger partial charge in [-0.15, -0.1) is 0 Å². The normalized spacial score (nSPS) is 13.5. The van der Waals surface area contributed by atoms with Gasteiger partial charge in [-0.2, -0.15) is 0 Å². The van der Waals surface area contributed by atoms with E-state index in [1.807, 2.05) is 0 Å². The van der Waals surface area contributed by atoms with Crippen molar-refractivity contribution in [3.05, 3.63) is 58.9 Å². The summed E-state index contributed by atoms with van der Waals surface area (Å²) in [5.41, 5.74) is 12.7. The lowest BCUT2D eigenvalue weighted by Gasteiger charge is -2.24. The van der Waals surface area contributed by atoms with Gasteiger partial charge in [0.25, 0.3) is 5.91 Å². The molecule has 3 rings (SSSR count). The number of carbonyl (C=O) groups excluding carboxylic acids is 2. The van der Waals surface area contributed by atoms with Crippen LogP contribution in [0.2, 0.25) is 0 Å². The van der Waals surface area contributed by atoms with Crippen LogP contribution in [0.25, 0.3) is 0 Å². The lowest BCUT2D eigenvalue weighted by molar-refractivity contribution is -0.119. The molecular formula is C21H26B2FN3O6. The molecule has 1 atom stereocenters. The summed E-state index contributed by atoms with van der Waals surface area (Å²) in [5, 5.41) is 28.4. The molecule has 1 heterocycles. The molecule has 0 aliphatic carbocycles. The van der Waals surface area contributed by atoms with E-state index in [2.05, 4.69) is 0 Å². The second-order valence-electron chi connectivity index (χ2n) is 8.04. The number of halogens is 1. The summed E-state index contributed by atoms with van der Waals surface area (Å²) in [6.45, 7) is 0.624. The van der Waals surface area contributed by atoms with E-state index >= 15 is 0 Å². The molecule has 0 aromatic heterocycles. The molecule has 2 amide bonds. The molecule has 1 aliphatic heterocycles. The smallest absolute Gasteiger partial charge is 0.423 e. The fraction of sp³-hybridized carbons (Fsp3) is 0.333. The lowest BCUT2D eigenvalue weighted by atomic mass is 9.78. The van der Waals surface area contributed by atoms with Gasteiger partial charge < -0.3 is 36.1 Å². The number of hydrogen-bond donors (Lipinski definition) is 5. The van der Waals surface area contributed by atoms with E-state index in [4.69, 9.17) is 16.1 Å². The highest BCUT2D eigenvalue weighted by atomic mass is 19.1. The maximum Gasteiger partial charge on any atom is 0.491 e.